The number of aliphatic carboxylic acids is 1. The minimum absolute atomic E-state index is 0.254. The van der Waals surface area contributed by atoms with Gasteiger partial charge in [-0.2, -0.15) is 0 Å². The van der Waals surface area contributed by atoms with Gasteiger partial charge >= 0.3 is 5.97 Å². The van der Waals surface area contributed by atoms with Crippen LogP contribution in [0.2, 0.25) is 0 Å². The van der Waals surface area contributed by atoms with Crippen LogP contribution in [0.15, 0.2) is 0 Å². The van der Waals surface area contributed by atoms with E-state index in [4.69, 9.17) is 5.73 Å². The highest BCUT2D eigenvalue weighted by Crippen LogP contribution is 2.32. The lowest BCUT2D eigenvalue weighted by Gasteiger charge is -2.30. The van der Waals surface area contributed by atoms with Gasteiger partial charge in [-0.3, -0.25) is 4.79 Å². The van der Waals surface area contributed by atoms with Crippen molar-refractivity contribution in [2.45, 2.75) is 52.9 Å². The fraction of sp³-hybridized carbons (Fsp3) is 0.917. The van der Waals surface area contributed by atoms with Gasteiger partial charge < -0.3 is 10.8 Å². The first-order chi connectivity index (χ1) is 7.02. The molecule has 0 fully saturated rings. The van der Waals surface area contributed by atoms with Gasteiger partial charge in [0.15, 0.2) is 0 Å². The molecule has 90 valence electrons. The van der Waals surface area contributed by atoms with Crippen molar-refractivity contribution in [1.29, 1.82) is 0 Å². The van der Waals surface area contributed by atoms with E-state index in [0.29, 0.717) is 18.8 Å². The second-order valence-corrected chi connectivity index (χ2v) is 4.64. The van der Waals surface area contributed by atoms with Crippen molar-refractivity contribution in [2.75, 3.05) is 6.54 Å². The van der Waals surface area contributed by atoms with Crippen LogP contribution in [0.4, 0.5) is 0 Å². The van der Waals surface area contributed by atoms with Gasteiger partial charge in [-0.05, 0) is 18.8 Å². The predicted molar refractivity (Wildman–Crippen MR) is 62.7 cm³/mol. The summed E-state index contributed by atoms with van der Waals surface area (Å²) in [4.78, 5) is 11.3. The third-order valence-corrected chi connectivity index (χ3v) is 3.09. The summed E-state index contributed by atoms with van der Waals surface area (Å²) in [5.41, 5.74) is 4.97. The standard InChI is InChI=1S/C12H25NO2/c1-4-6-10(3)8-12(9-13,7-5-2)11(14)15/h10H,4-9,13H2,1-3H3,(H,14,15). The van der Waals surface area contributed by atoms with Gasteiger partial charge in [0.25, 0.3) is 0 Å². The second kappa shape index (κ2) is 6.83. The fourth-order valence-electron chi connectivity index (χ4n) is 2.31. The smallest absolute Gasteiger partial charge is 0.310 e. The molecule has 0 bridgehead atoms. The van der Waals surface area contributed by atoms with E-state index in [1.807, 2.05) is 6.92 Å². The van der Waals surface area contributed by atoms with Crippen molar-refractivity contribution in [3.8, 4) is 0 Å². The zero-order valence-corrected chi connectivity index (χ0v) is 10.3. The zero-order chi connectivity index (χ0) is 11.9. The molecule has 0 aromatic heterocycles. The Morgan fingerprint density at radius 1 is 1.40 bits per heavy atom. The molecular weight excluding hydrogens is 190 g/mol. The summed E-state index contributed by atoms with van der Waals surface area (Å²) < 4.78 is 0. The maximum atomic E-state index is 11.3. The lowest BCUT2D eigenvalue weighted by atomic mass is 9.75. The average Bonchev–Trinajstić information content (AvgIpc) is 2.17. The van der Waals surface area contributed by atoms with Crippen LogP contribution >= 0.6 is 0 Å². The number of rotatable bonds is 8. The highest BCUT2D eigenvalue weighted by Gasteiger charge is 2.37. The minimum Gasteiger partial charge on any atom is -0.481 e. The van der Waals surface area contributed by atoms with E-state index in [2.05, 4.69) is 13.8 Å². The molecule has 0 aliphatic heterocycles. The van der Waals surface area contributed by atoms with Crippen LogP contribution in [-0.4, -0.2) is 17.6 Å². The van der Waals surface area contributed by atoms with Crippen molar-refractivity contribution >= 4 is 5.97 Å². The van der Waals surface area contributed by atoms with Crippen molar-refractivity contribution in [3.63, 3.8) is 0 Å². The molecule has 0 rings (SSSR count). The van der Waals surface area contributed by atoms with Crippen molar-refractivity contribution in [3.05, 3.63) is 0 Å². The molecule has 0 aromatic rings. The Hall–Kier alpha value is -0.570. The highest BCUT2D eigenvalue weighted by molar-refractivity contribution is 5.74. The van der Waals surface area contributed by atoms with Crippen LogP contribution in [0, 0.1) is 11.3 Å². The molecular formula is C12H25NO2. The first-order valence-corrected chi connectivity index (χ1v) is 5.95. The van der Waals surface area contributed by atoms with Crippen LogP contribution in [0.5, 0.6) is 0 Å². The number of hydrogen-bond donors (Lipinski definition) is 2. The van der Waals surface area contributed by atoms with E-state index in [1.54, 1.807) is 0 Å². The van der Waals surface area contributed by atoms with Gasteiger partial charge in [-0.25, -0.2) is 0 Å². The minimum atomic E-state index is -0.727. The zero-order valence-electron chi connectivity index (χ0n) is 10.3. The molecule has 15 heavy (non-hydrogen) atoms. The van der Waals surface area contributed by atoms with E-state index in [0.717, 1.165) is 19.3 Å². The monoisotopic (exact) mass is 215 g/mol. The Balaban J connectivity index is 4.53. The van der Waals surface area contributed by atoms with Crippen molar-refractivity contribution in [2.24, 2.45) is 17.1 Å². The highest BCUT2D eigenvalue weighted by atomic mass is 16.4. The number of carboxylic acid groups (broad SMARTS) is 1. The summed E-state index contributed by atoms with van der Waals surface area (Å²) >= 11 is 0. The third kappa shape index (κ3) is 4.20. The van der Waals surface area contributed by atoms with E-state index < -0.39 is 11.4 Å². The Kier molecular flexibility index (Phi) is 6.57. The first-order valence-electron chi connectivity index (χ1n) is 5.95. The van der Waals surface area contributed by atoms with Crippen molar-refractivity contribution in [1.82, 2.24) is 0 Å². The molecule has 2 unspecified atom stereocenters. The Morgan fingerprint density at radius 3 is 2.33 bits per heavy atom. The summed E-state index contributed by atoms with van der Waals surface area (Å²) in [5.74, 6) is -0.281. The summed E-state index contributed by atoms with van der Waals surface area (Å²) in [7, 11) is 0. The summed E-state index contributed by atoms with van der Waals surface area (Å²) in [5, 5.41) is 9.29. The van der Waals surface area contributed by atoms with Crippen LogP contribution in [0.3, 0.4) is 0 Å². The topological polar surface area (TPSA) is 63.3 Å². The molecule has 3 nitrogen and oxygen atoms in total. The molecule has 0 aliphatic rings. The number of hydrogen-bond acceptors (Lipinski definition) is 2. The SMILES string of the molecule is CCCC(C)CC(CN)(CCC)C(=O)O. The Bertz CT molecular complexity index is 194. The van der Waals surface area contributed by atoms with Gasteiger partial charge in [0.05, 0.1) is 5.41 Å². The molecule has 0 aromatic carbocycles. The van der Waals surface area contributed by atoms with Crippen molar-refractivity contribution < 1.29 is 9.90 Å². The first kappa shape index (κ1) is 14.4. The molecule has 0 aliphatic carbocycles. The molecule has 0 radical (unpaired) electrons. The van der Waals surface area contributed by atoms with Crippen LogP contribution in [0.25, 0.3) is 0 Å². The second-order valence-electron chi connectivity index (χ2n) is 4.64. The molecule has 0 spiro atoms. The summed E-state index contributed by atoms with van der Waals surface area (Å²) in [6, 6.07) is 0. The third-order valence-electron chi connectivity index (χ3n) is 3.09. The lowest BCUT2D eigenvalue weighted by Crippen LogP contribution is -2.40. The summed E-state index contributed by atoms with van der Waals surface area (Å²) in [6.07, 6.45) is 4.46. The Labute approximate surface area is 93.0 Å². The molecule has 3 N–H and O–H groups in total. The predicted octanol–water partition coefficient (Wildman–Crippen LogP) is 2.64. The molecule has 2 atom stereocenters. The van der Waals surface area contributed by atoms with E-state index in [9.17, 15) is 9.90 Å². The summed E-state index contributed by atoms with van der Waals surface area (Å²) in [6.45, 7) is 6.51. The normalized spacial score (nSPS) is 17.1. The molecule has 0 saturated heterocycles. The largest absolute Gasteiger partial charge is 0.481 e. The number of carbonyl (C=O) groups is 1. The lowest BCUT2D eigenvalue weighted by molar-refractivity contribution is -0.150. The molecule has 0 heterocycles. The van der Waals surface area contributed by atoms with Gasteiger partial charge in [0.1, 0.15) is 0 Å². The molecule has 0 saturated carbocycles. The van der Waals surface area contributed by atoms with Gasteiger partial charge in [-0.1, -0.05) is 40.0 Å². The van der Waals surface area contributed by atoms with E-state index in [-0.39, 0.29) is 6.54 Å². The quantitative estimate of drug-likeness (QED) is 0.654. The maximum absolute atomic E-state index is 11.3. The molecule has 0 amide bonds. The number of nitrogens with two attached hydrogens (primary N) is 1. The number of carboxylic acids is 1. The fourth-order valence-corrected chi connectivity index (χ4v) is 2.31. The van der Waals surface area contributed by atoms with E-state index in [1.165, 1.54) is 0 Å². The van der Waals surface area contributed by atoms with E-state index >= 15 is 0 Å². The van der Waals surface area contributed by atoms with Crippen LogP contribution < -0.4 is 5.73 Å². The van der Waals surface area contributed by atoms with Crippen LogP contribution in [-0.2, 0) is 4.79 Å². The average molecular weight is 215 g/mol. The Morgan fingerprint density at radius 2 is 2.00 bits per heavy atom. The van der Waals surface area contributed by atoms with Gasteiger partial charge in [0.2, 0.25) is 0 Å². The van der Waals surface area contributed by atoms with Gasteiger partial charge in [-0.15, -0.1) is 0 Å². The van der Waals surface area contributed by atoms with Crippen LogP contribution in [0.1, 0.15) is 52.9 Å². The maximum Gasteiger partial charge on any atom is 0.310 e. The van der Waals surface area contributed by atoms with Gasteiger partial charge in [0, 0.05) is 6.54 Å². The molecule has 3 heteroatoms.